The van der Waals surface area contributed by atoms with Crippen LogP contribution in [0.3, 0.4) is 0 Å². The number of methoxy groups -OCH3 is 1. The summed E-state index contributed by atoms with van der Waals surface area (Å²) < 4.78 is 38.0. The van der Waals surface area contributed by atoms with Gasteiger partial charge in [0.15, 0.2) is 11.5 Å². The molecule has 0 saturated carbocycles. The van der Waals surface area contributed by atoms with Crippen LogP contribution in [-0.2, 0) is 0 Å². The minimum Gasteiger partial charge on any atom is -0.504 e. The number of para-hydroxylation sites is 1. The van der Waals surface area contributed by atoms with Gasteiger partial charge < -0.3 is 9.84 Å². The maximum atomic E-state index is 9.69. The van der Waals surface area contributed by atoms with E-state index in [2.05, 4.69) is 38.1 Å². The summed E-state index contributed by atoms with van der Waals surface area (Å²) in [6.45, 7) is 4.49. The molecule has 29 heavy (non-hydrogen) atoms. The van der Waals surface area contributed by atoms with Gasteiger partial charge in [-0.2, -0.15) is 14.0 Å². The molecule has 1 aliphatic rings. The number of thioether (sulfide) groups is 1. The van der Waals surface area contributed by atoms with Crippen molar-refractivity contribution in [3.05, 3.63) is 54.1 Å². The van der Waals surface area contributed by atoms with Gasteiger partial charge in [-0.1, -0.05) is 24.3 Å². The number of ether oxygens (including phenoxy) is 1. The van der Waals surface area contributed by atoms with Gasteiger partial charge in [-0.3, -0.25) is 4.99 Å². The van der Waals surface area contributed by atoms with Crippen LogP contribution in [0, 0.1) is 10.2 Å². The molecule has 2 N–H and O–H groups in total. The summed E-state index contributed by atoms with van der Waals surface area (Å²) >= 11 is 1.87. The van der Waals surface area contributed by atoms with E-state index in [0.717, 1.165) is 23.4 Å². The molecular weight excluding hydrogens is 418 g/mol. The van der Waals surface area contributed by atoms with Crippen LogP contribution in [0.5, 0.6) is 11.5 Å². The molecule has 0 saturated heterocycles. The largest absolute Gasteiger partial charge is 0.504 e. The first-order valence-electron chi connectivity index (χ1n) is 8.51. The first-order chi connectivity index (χ1) is 13.5. The van der Waals surface area contributed by atoms with Crippen molar-refractivity contribution in [2.24, 2.45) is 4.99 Å². The van der Waals surface area contributed by atoms with E-state index in [9.17, 15) is 5.11 Å². The highest BCUT2D eigenvalue weighted by Crippen LogP contribution is 2.43. The van der Waals surface area contributed by atoms with E-state index in [0.29, 0.717) is 5.75 Å². The summed E-state index contributed by atoms with van der Waals surface area (Å²) in [5, 5.41) is 9.69. The molecule has 0 aromatic heterocycles. The molecule has 0 bridgehead atoms. The molecule has 156 valence electrons. The number of halogens is 1. The molecule has 0 radical (unpaired) electrons. The standard InChI is InChI=1S/C20H21NO2S.ClHO4/c1-20(2)13-15(21-16-6-4-5-7-19(16)24-20)10-8-14-9-11-17(22)18(12-14)23-3;2-1(3,4)5/h4-12,22H,13H2,1-3H3;(H,2,3,4,5)/b10-8+;. The Balaban J connectivity index is 0.000000537. The predicted octanol–water partition coefficient (Wildman–Crippen LogP) is 1.34. The Morgan fingerprint density at radius 3 is 2.45 bits per heavy atom. The monoisotopic (exact) mass is 439 g/mol. The molecule has 0 atom stereocenters. The molecule has 0 spiro atoms. The zero-order valence-electron chi connectivity index (χ0n) is 16.2. The van der Waals surface area contributed by atoms with E-state index in [1.54, 1.807) is 13.2 Å². The smallest absolute Gasteiger partial charge is 0.161 e. The number of phenolic OH excluding ortho intramolecular Hbond substituents is 1. The Kier molecular flexibility index (Phi) is 7.70. The third-order valence-corrected chi connectivity index (χ3v) is 5.06. The van der Waals surface area contributed by atoms with Gasteiger partial charge in [0, 0.05) is 21.8 Å². The number of hydrogen-bond acceptors (Lipinski definition) is 8. The first kappa shape index (κ1) is 23.2. The van der Waals surface area contributed by atoms with Crippen molar-refractivity contribution < 1.29 is 38.7 Å². The maximum Gasteiger partial charge on any atom is 0.161 e. The molecule has 2 aromatic carbocycles. The zero-order valence-corrected chi connectivity index (χ0v) is 17.7. The van der Waals surface area contributed by atoms with E-state index in [-0.39, 0.29) is 10.5 Å². The average Bonchev–Trinajstić information content (AvgIpc) is 2.73. The molecule has 1 aliphatic heterocycles. The fourth-order valence-electron chi connectivity index (χ4n) is 2.69. The number of aliphatic imine (C=N–C) groups is 1. The number of phenols is 1. The lowest BCUT2D eigenvalue weighted by molar-refractivity contribution is -1.92. The molecule has 0 amide bonds. The SMILES string of the molecule is COc1cc(/C=C/C2=Nc3ccccc3SC(C)(C)C2)ccc1O.[O-][Cl+3]([O-])([O-])O. The second kappa shape index (κ2) is 9.62. The zero-order chi connectivity index (χ0) is 21.7. The lowest BCUT2D eigenvalue weighted by Crippen LogP contribution is -2.58. The molecule has 7 nitrogen and oxygen atoms in total. The number of nitrogens with zero attached hydrogens (tertiary/aromatic N) is 1. The first-order valence-corrected chi connectivity index (χ1v) is 10.6. The van der Waals surface area contributed by atoms with Gasteiger partial charge in [0.25, 0.3) is 0 Å². The van der Waals surface area contributed by atoms with Crippen molar-refractivity contribution in [1.82, 2.24) is 0 Å². The molecule has 0 unspecified atom stereocenters. The number of aromatic hydroxyl groups is 1. The molecular formula is C20H22ClNO6S. The Bertz CT molecular complexity index is 902. The third-order valence-electron chi connectivity index (χ3n) is 3.79. The summed E-state index contributed by atoms with van der Waals surface area (Å²) in [5.41, 5.74) is 3.04. The lowest BCUT2D eigenvalue weighted by Gasteiger charge is -2.21. The normalized spacial score (nSPS) is 15.6. The summed E-state index contributed by atoms with van der Waals surface area (Å²) in [6, 6.07) is 13.6. The van der Waals surface area contributed by atoms with Crippen molar-refractivity contribution in [2.45, 2.75) is 29.9 Å². The Hall–Kier alpha value is -2.07. The Morgan fingerprint density at radius 1 is 1.14 bits per heavy atom. The Morgan fingerprint density at radius 2 is 1.79 bits per heavy atom. The van der Waals surface area contributed by atoms with Crippen LogP contribution in [-0.4, -0.2) is 27.3 Å². The van der Waals surface area contributed by atoms with Crippen LogP contribution in [0.15, 0.2) is 58.4 Å². The molecule has 0 fully saturated rings. The van der Waals surface area contributed by atoms with Gasteiger partial charge in [-0.15, -0.1) is 11.8 Å². The highest BCUT2D eigenvalue weighted by molar-refractivity contribution is 8.00. The van der Waals surface area contributed by atoms with E-state index < -0.39 is 10.2 Å². The fraction of sp³-hybridized carbons (Fsp3) is 0.250. The van der Waals surface area contributed by atoms with Gasteiger partial charge in [0.1, 0.15) is 0 Å². The summed E-state index contributed by atoms with van der Waals surface area (Å²) in [6.07, 6.45) is 4.95. The van der Waals surface area contributed by atoms with Crippen LogP contribution in [0.1, 0.15) is 25.8 Å². The lowest BCUT2D eigenvalue weighted by atomic mass is 10.0. The van der Waals surface area contributed by atoms with Gasteiger partial charge in [-0.25, -0.2) is 0 Å². The summed E-state index contributed by atoms with van der Waals surface area (Å²) in [4.78, 5) is 6.06. The van der Waals surface area contributed by atoms with Crippen LogP contribution >= 0.6 is 11.8 Å². The van der Waals surface area contributed by atoms with E-state index in [1.165, 1.54) is 4.90 Å². The van der Waals surface area contributed by atoms with E-state index in [1.807, 2.05) is 36.0 Å². The van der Waals surface area contributed by atoms with Crippen LogP contribution in [0.4, 0.5) is 5.69 Å². The second-order valence-corrected chi connectivity index (χ2v) is 9.31. The van der Waals surface area contributed by atoms with Crippen molar-refractivity contribution in [2.75, 3.05) is 7.11 Å². The molecule has 0 aliphatic carbocycles. The quantitative estimate of drug-likeness (QED) is 0.737. The summed E-state index contributed by atoms with van der Waals surface area (Å²) in [5.74, 6) is 0.620. The number of allylic oxidation sites excluding steroid dienone is 1. The van der Waals surface area contributed by atoms with Crippen molar-refractivity contribution in [3.8, 4) is 11.5 Å². The van der Waals surface area contributed by atoms with Crippen molar-refractivity contribution >= 4 is 29.2 Å². The maximum absolute atomic E-state index is 9.69. The molecule has 9 heteroatoms. The number of benzene rings is 2. The predicted molar refractivity (Wildman–Crippen MR) is 104 cm³/mol. The third kappa shape index (κ3) is 8.06. The topological polar surface area (TPSA) is 131 Å². The van der Waals surface area contributed by atoms with E-state index >= 15 is 0 Å². The highest BCUT2D eigenvalue weighted by Gasteiger charge is 2.25. The number of rotatable bonds is 3. The second-order valence-electron chi connectivity index (χ2n) is 6.77. The molecule has 1 heterocycles. The van der Waals surface area contributed by atoms with Crippen molar-refractivity contribution in [3.63, 3.8) is 0 Å². The fourth-order valence-corrected chi connectivity index (χ4v) is 3.87. The average molecular weight is 440 g/mol. The van der Waals surface area contributed by atoms with Crippen LogP contribution < -0.4 is 18.7 Å². The van der Waals surface area contributed by atoms with Gasteiger partial charge in [-0.05, 0) is 49.8 Å². The molecule has 3 rings (SSSR count). The molecule has 2 aromatic rings. The number of hydrogen-bond donors (Lipinski definition) is 2. The Labute approximate surface area is 175 Å². The minimum absolute atomic E-state index is 0.0857. The van der Waals surface area contributed by atoms with Crippen molar-refractivity contribution in [1.29, 1.82) is 0 Å². The van der Waals surface area contributed by atoms with Crippen LogP contribution in [0.25, 0.3) is 6.08 Å². The minimum atomic E-state index is -4.69. The van der Waals surface area contributed by atoms with Gasteiger partial charge in [0.05, 0.1) is 27.7 Å². The van der Waals surface area contributed by atoms with Crippen LogP contribution in [0.2, 0.25) is 0 Å². The van der Waals surface area contributed by atoms with Gasteiger partial charge >= 0.3 is 0 Å². The number of fused-ring (bicyclic) bond motifs is 1. The highest BCUT2D eigenvalue weighted by atomic mass is 35.7. The summed E-state index contributed by atoms with van der Waals surface area (Å²) in [7, 11) is -3.14. The van der Waals surface area contributed by atoms with Gasteiger partial charge in [0.2, 0.25) is 0 Å². The van der Waals surface area contributed by atoms with E-state index in [4.69, 9.17) is 28.4 Å².